The summed E-state index contributed by atoms with van der Waals surface area (Å²) >= 11 is 6.14. The lowest BCUT2D eigenvalue weighted by atomic mass is 9.95. The summed E-state index contributed by atoms with van der Waals surface area (Å²) in [4.78, 5) is 13.0. The topological polar surface area (TPSA) is 66.5 Å². The molecule has 31 heavy (non-hydrogen) atoms. The Hall–Kier alpha value is -2.83. The van der Waals surface area contributed by atoms with Crippen molar-refractivity contribution in [3.8, 4) is 11.1 Å². The average molecular weight is 455 g/mol. The third kappa shape index (κ3) is 3.93. The number of carbonyl (C=O) groups is 1. The molecule has 1 aliphatic heterocycles. The highest BCUT2D eigenvalue weighted by molar-refractivity contribution is 7.93. The number of rotatable bonds is 4. The number of aryl methyl sites for hydroxylation is 1. The van der Waals surface area contributed by atoms with E-state index in [9.17, 15) is 13.2 Å². The van der Waals surface area contributed by atoms with Gasteiger partial charge in [0.05, 0.1) is 10.6 Å². The van der Waals surface area contributed by atoms with Crippen molar-refractivity contribution in [2.75, 3.05) is 16.2 Å². The molecule has 4 rings (SSSR count). The van der Waals surface area contributed by atoms with Gasteiger partial charge >= 0.3 is 0 Å². The Morgan fingerprint density at radius 1 is 1.03 bits per heavy atom. The number of fused-ring (bicyclic) bond motifs is 3. The van der Waals surface area contributed by atoms with Gasteiger partial charge < -0.3 is 5.32 Å². The highest BCUT2D eigenvalue weighted by Crippen LogP contribution is 2.43. The SMILES string of the molecule is Cc1ccc(NC(=O)CN2c3ccc(C(C)C)cc3-c3ccccc3S2(=O)=O)cc1Cl. The van der Waals surface area contributed by atoms with E-state index < -0.39 is 15.9 Å². The average Bonchev–Trinajstić information content (AvgIpc) is 2.73. The molecule has 3 aromatic rings. The summed E-state index contributed by atoms with van der Waals surface area (Å²) in [6.07, 6.45) is 0. The molecule has 0 saturated heterocycles. The number of hydrogen-bond acceptors (Lipinski definition) is 3. The smallest absolute Gasteiger partial charge is 0.265 e. The van der Waals surface area contributed by atoms with E-state index >= 15 is 0 Å². The van der Waals surface area contributed by atoms with E-state index in [1.165, 1.54) is 4.31 Å². The number of nitrogens with zero attached hydrogens (tertiary/aromatic N) is 1. The Morgan fingerprint density at radius 2 is 1.77 bits per heavy atom. The number of benzene rings is 3. The summed E-state index contributed by atoms with van der Waals surface area (Å²) in [5.74, 6) is -0.152. The first kappa shape index (κ1) is 21.4. The van der Waals surface area contributed by atoms with Gasteiger partial charge in [0, 0.05) is 21.8 Å². The van der Waals surface area contributed by atoms with Gasteiger partial charge in [0.2, 0.25) is 5.91 Å². The molecule has 5 nitrogen and oxygen atoms in total. The molecule has 0 bridgehead atoms. The van der Waals surface area contributed by atoms with Gasteiger partial charge in [0.1, 0.15) is 6.54 Å². The molecule has 1 N–H and O–H groups in total. The van der Waals surface area contributed by atoms with E-state index in [0.29, 0.717) is 27.9 Å². The molecule has 0 unspecified atom stereocenters. The van der Waals surface area contributed by atoms with Gasteiger partial charge in [0.15, 0.2) is 0 Å². The van der Waals surface area contributed by atoms with Crippen molar-refractivity contribution in [2.45, 2.75) is 31.6 Å². The Morgan fingerprint density at radius 3 is 2.48 bits per heavy atom. The quantitative estimate of drug-likeness (QED) is 0.559. The number of halogens is 1. The number of amides is 1. The maximum atomic E-state index is 13.4. The molecule has 0 aromatic heterocycles. The molecule has 7 heteroatoms. The second-order valence-corrected chi connectivity index (χ2v) is 10.2. The van der Waals surface area contributed by atoms with E-state index in [4.69, 9.17) is 11.6 Å². The fourth-order valence-electron chi connectivity index (χ4n) is 3.68. The third-order valence-electron chi connectivity index (χ3n) is 5.44. The van der Waals surface area contributed by atoms with Crippen molar-refractivity contribution in [3.63, 3.8) is 0 Å². The fourth-order valence-corrected chi connectivity index (χ4v) is 5.51. The zero-order valence-corrected chi connectivity index (χ0v) is 19.1. The molecular weight excluding hydrogens is 432 g/mol. The van der Waals surface area contributed by atoms with Crippen molar-refractivity contribution < 1.29 is 13.2 Å². The van der Waals surface area contributed by atoms with Crippen molar-refractivity contribution >= 4 is 38.9 Å². The van der Waals surface area contributed by atoms with Gasteiger partial charge in [-0.1, -0.05) is 55.8 Å². The van der Waals surface area contributed by atoms with Crippen molar-refractivity contribution in [1.82, 2.24) is 0 Å². The summed E-state index contributed by atoms with van der Waals surface area (Å²) in [5, 5.41) is 3.28. The number of hydrogen-bond donors (Lipinski definition) is 1. The molecule has 0 fully saturated rings. The Labute approximate surface area is 187 Å². The Balaban J connectivity index is 1.74. The lowest BCUT2D eigenvalue weighted by Gasteiger charge is -2.32. The minimum absolute atomic E-state index is 0.203. The van der Waals surface area contributed by atoms with Crippen LogP contribution in [0.1, 0.15) is 30.9 Å². The zero-order valence-electron chi connectivity index (χ0n) is 17.5. The summed E-state index contributed by atoms with van der Waals surface area (Å²) < 4.78 is 28.0. The maximum absolute atomic E-state index is 13.4. The van der Waals surface area contributed by atoms with Crippen LogP contribution < -0.4 is 9.62 Å². The normalized spacial score (nSPS) is 14.2. The fraction of sp³-hybridized carbons (Fsp3) is 0.208. The van der Waals surface area contributed by atoms with Crippen LogP contribution >= 0.6 is 11.6 Å². The van der Waals surface area contributed by atoms with Gasteiger partial charge in [0.25, 0.3) is 10.0 Å². The van der Waals surface area contributed by atoms with E-state index in [-0.39, 0.29) is 11.4 Å². The van der Waals surface area contributed by atoms with Gasteiger partial charge in [-0.15, -0.1) is 0 Å². The molecule has 0 aliphatic carbocycles. The molecule has 0 radical (unpaired) electrons. The van der Waals surface area contributed by atoms with Crippen LogP contribution in [0, 0.1) is 6.92 Å². The largest absolute Gasteiger partial charge is 0.324 e. The summed E-state index contributed by atoms with van der Waals surface area (Å²) in [7, 11) is -3.89. The zero-order chi connectivity index (χ0) is 22.3. The van der Waals surface area contributed by atoms with Gasteiger partial charge in [-0.25, -0.2) is 8.42 Å². The summed E-state index contributed by atoms with van der Waals surface area (Å²) in [5.41, 5.74) is 4.48. The van der Waals surface area contributed by atoms with Crippen LogP contribution in [0.2, 0.25) is 5.02 Å². The maximum Gasteiger partial charge on any atom is 0.265 e. The van der Waals surface area contributed by atoms with Crippen molar-refractivity contribution in [1.29, 1.82) is 0 Å². The van der Waals surface area contributed by atoms with Gasteiger partial charge in [-0.05, 0) is 54.3 Å². The highest BCUT2D eigenvalue weighted by Gasteiger charge is 2.36. The standard InChI is InChI=1S/C24H23ClN2O3S/c1-15(2)17-9-11-22-20(12-17)19-6-4-5-7-23(19)31(29,30)27(22)14-24(28)26-18-10-8-16(3)21(25)13-18/h4-13,15H,14H2,1-3H3,(H,26,28). The van der Waals surface area contributed by atoms with Crippen LogP contribution in [0.3, 0.4) is 0 Å². The van der Waals surface area contributed by atoms with Crippen LogP contribution in [0.15, 0.2) is 65.6 Å². The minimum Gasteiger partial charge on any atom is -0.324 e. The number of nitrogens with one attached hydrogen (secondary N) is 1. The first-order valence-corrected chi connectivity index (χ1v) is 11.8. The number of anilines is 2. The second kappa shape index (κ2) is 8.02. The molecular formula is C24H23ClN2O3S. The van der Waals surface area contributed by atoms with E-state index in [1.54, 1.807) is 36.4 Å². The monoisotopic (exact) mass is 454 g/mol. The van der Waals surface area contributed by atoms with E-state index in [0.717, 1.165) is 16.7 Å². The van der Waals surface area contributed by atoms with E-state index in [2.05, 4.69) is 19.2 Å². The van der Waals surface area contributed by atoms with Gasteiger partial charge in [-0.2, -0.15) is 0 Å². The summed E-state index contributed by atoms with van der Waals surface area (Å²) in [6.45, 7) is 5.71. The predicted molar refractivity (Wildman–Crippen MR) is 125 cm³/mol. The minimum atomic E-state index is -3.89. The molecule has 0 atom stereocenters. The highest BCUT2D eigenvalue weighted by atomic mass is 35.5. The molecule has 1 amide bonds. The van der Waals surface area contributed by atoms with Gasteiger partial charge in [-0.3, -0.25) is 9.10 Å². The van der Waals surface area contributed by atoms with Crippen LogP contribution in [0.4, 0.5) is 11.4 Å². The number of carbonyl (C=O) groups excluding carboxylic acids is 1. The first-order valence-electron chi connectivity index (χ1n) is 10.0. The number of sulfonamides is 1. The molecule has 1 heterocycles. The molecule has 0 spiro atoms. The Bertz CT molecular complexity index is 1290. The van der Waals surface area contributed by atoms with Crippen LogP contribution in [0.5, 0.6) is 0 Å². The lowest BCUT2D eigenvalue weighted by molar-refractivity contribution is -0.114. The summed E-state index contributed by atoms with van der Waals surface area (Å²) in [6, 6.07) is 17.8. The van der Waals surface area contributed by atoms with Crippen LogP contribution in [-0.2, 0) is 14.8 Å². The molecule has 3 aromatic carbocycles. The first-order chi connectivity index (χ1) is 14.7. The van der Waals surface area contributed by atoms with Crippen LogP contribution in [0.25, 0.3) is 11.1 Å². The third-order valence-corrected chi connectivity index (χ3v) is 7.67. The molecule has 0 saturated carbocycles. The van der Waals surface area contributed by atoms with Crippen LogP contribution in [-0.4, -0.2) is 20.9 Å². The van der Waals surface area contributed by atoms with Crippen molar-refractivity contribution in [3.05, 3.63) is 76.8 Å². The molecule has 160 valence electrons. The van der Waals surface area contributed by atoms with E-state index in [1.807, 2.05) is 31.2 Å². The van der Waals surface area contributed by atoms with Crippen molar-refractivity contribution in [2.24, 2.45) is 0 Å². The lowest BCUT2D eigenvalue weighted by Crippen LogP contribution is -2.40. The molecule has 1 aliphatic rings. The second-order valence-electron chi connectivity index (χ2n) is 7.95. The Kier molecular flexibility index (Phi) is 5.54. The predicted octanol–water partition coefficient (Wildman–Crippen LogP) is 5.59.